The first-order chi connectivity index (χ1) is 7.38. The molecule has 16 heavy (non-hydrogen) atoms. The lowest BCUT2D eigenvalue weighted by molar-refractivity contribution is 0.591. The van der Waals surface area contributed by atoms with Crippen molar-refractivity contribution in [2.45, 2.75) is 40.0 Å². The molecule has 0 aliphatic carbocycles. The van der Waals surface area contributed by atoms with Gasteiger partial charge in [0.2, 0.25) is 0 Å². The van der Waals surface area contributed by atoms with Crippen LogP contribution in [0.15, 0.2) is 24.3 Å². The van der Waals surface area contributed by atoms with Gasteiger partial charge in [-0.05, 0) is 36.3 Å². The van der Waals surface area contributed by atoms with Crippen LogP contribution in [-0.4, -0.2) is 4.98 Å². The molecule has 0 fully saturated rings. The zero-order chi connectivity index (χ0) is 11.9. The predicted molar refractivity (Wildman–Crippen MR) is 69.9 cm³/mol. The second-order valence-corrected chi connectivity index (χ2v) is 5.53. The Morgan fingerprint density at radius 2 is 1.69 bits per heavy atom. The van der Waals surface area contributed by atoms with E-state index in [-0.39, 0.29) is 5.41 Å². The summed E-state index contributed by atoms with van der Waals surface area (Å²) in [6.07, 6.45) is 0. The van der Waals surface area contributed by atoms with Gasteiger partial charge in [-0.25, -0.2) is 0 Å². The zero-order valence-corrected chi connectivity index (χ0v) is 10.8. The molecule has 0 amide bonds. The van der Waals surface area contributed by atoms with Crippen LogP contribution in [0.4, 0.5) is 0 Å². The van der Waals surface area contributed by atoms with Crippen molar-refractivity contribution in [2.24, 2.45) is 0 Å². The molecule has 1 heteroatoms. The fourth-order valence-electron chi connectivity index (χ4n) is 2.06. The van der Waals surface area contributed by atoms with Crippen LogP contribution in [0.2, 0.25) is 0 Å². The molecule has 1 aromatic heterocycles. The van der Waals surface area contributed by atoms with E-state index < -0.39 is 0 Å². The maximum absolute atomic E-state index is 4.49. The number of rotatable bonds is 0. The molecule has 1 nitrogen and oxygen atoms in total. The van der Waals surface area contributed by atoms with Gasteiger partial charge in [0.1, 0.15) is 0 Å². The van der Waals surface area contributed by atoms with Gasteiger partial charge in [-0.3, -0.25) is 4.98 Å². The molecular formula is C15H19N. The highest BCUT2D eigenvalue weighted by Crippen LogP contribution is 2.27. The number of fused-ring (bicyclic) bond motifs is 1. The second kappa shape index (κ2) is 3.58. The topological polar surface area (TPSA) is 12.9 Å². The maximum Gasteiger partial charge on any atom is 0.0454 e. The number of nitrogens with zero attached hydrogens (tertiary/aromatic N) is 1. The standard InChI is InChI=1S/C15H19N/c1-10-8-12-9-13(15(3,4)5)6-7-14(12)11(2)16-10/h6-9H,1-5H3. The Hall–Kier alpha value is -1.37. The van der Waals surface area contributed by atoms with Gasteiger partial charge in [-0.1, -0.05) is 39.0 Å². The molecule has 0 saturated heterocycles. The highest BCUT2D eigenvalue weighted by atomic mass is 14.7. The summed E-state index contributed by atoms with van der Waals surface area (Å²) in [6, 6.07) is 8.86. The Morgan fingerprint density at radius 3 is 2.31 bits per heavy atom. The van der Waals surface area contributed by atoms with Crippen molar-refractivity contribution in [3.63, 3.8) is 0 Å². The van der Waals surface area contributed by atoms with Crippen LogP contribution in [-0.2, 0) is 5.41 Å². The summed E-state index contributed by atoms with van der Waals surface area (Å²) in [7, 11) is 0. The Morgan fingerprint density at radius 1 is 1.00 bits per heavy atom. The van der Waals surface area contributed by atoms with E-state index >= 15 is 0 Å². The molecule has 0 spiro atoms. The second-order valence-electron chi connectivity index (χ2n) is 5.53. The smallest absolute Gasteiger partial charge is 0.0454 e. The Balaban J connectivity index is 2.71. The summed E-state index contributed by atoms with van der Waals surface area (Å²) in [6.45, 7) is 10.9. The summed E-state index contributed by atoms with van der Waals surface area (Å²) in [5.74, 6) is 0. The first-order valence-electron chi connectivity index (χ1n) is 5.76. The van der Waals surface area contributed by atoms with E-state index in [1.54, 1.807) is 0 Å². The molecule has 2 aromatic rings. The summed E-state index contributed by atoms with van der Waals surface area (Å²) >= 11 is 0. The van der Waals surface area contributed by atoms with Gasteiger partial charge in [0.05, 0.1) is 0 Å². The van der Waals surface area contributed by atoms with Gasteiger partial charge in [-0.15, -0.1) is 0 Å². The normalized spacial score (nSPS) is 12.1. The summed E-state index contributed by atoms with van der Waals surface area (Å²) in [4.78, 5) is 4.49. The van der Waals surface area contributed by atoms with Crippen molar-refractivity contribution < 1.29 is 0 Å². The lowest BCUT2D eigenvalue weighted by Crippen LogP contribution is -2.10. The van der Waals surface area contributed by atoms with Crippen molar-refractivity contribution in [2.75, 3.05) is 0 Å². The number of aromatic nitrogens is 1. The first kappa shape index (κ1) is 11.1. The van der Waals surface area contributed by atoms with E-state index in [0.29, 0.717) is 0 Å². The zero-order valence-electron chi connectivity index (χ0n) is 10.8. The number of pyridine rings is 1. The van der Waals surface area contributed by atoms with Crippen LogP contribution >= 0.6 is 0 Å². The molecule has 2 rings (SSSR count). The summed E-state index contributed by atoms with van der Waals surface area (Å²) in [5.41, 5.74) is 3.80. The quantitative estimate of drug-likeness (QED) is 0.640. The van der Waals surface area contributed by atoms with Gasteiger partial charge in [0.15, 0.2) is 0 Å². The summed E-state index contributed by atoms with van der Waals surface area (Å²) in [5, 5.41) is 2.57. The van der Waals surface area contributed by atoms with Crippen molar-refractivity contribution >= 4 is 10.8 Å². The third-order valence-corrected chi connectivity index (χ3v) is 3.02. The predicted octanol–water partition coefficient (Wildman–Crippen LogP) is 4.15. The van der Waals surface area contributed by atoms with Crippen LogP contribution in [0.1, 0.15) is 37.7 Å². The molecule has 0 saturated carbocycles. The highest BCUT2D eigenvalue weighted by molar-refractivity contribution is 5.85. The van der Waals surface area contributed by atoms with Gasteiger partial charge in [0, 0.05) is 16.8 Å². The summed E-state index contributed by atoms with van der Waals surface area (Å²) < 4.78 is 0. The van der Waals surface area contributed by atoms with Crippen molar-refractivity contribution in [3.05, 3.63) is 41.2 Å². The highest BCUT2D eigenvalue weighted by Gasteiger charge is 2.14. The Labute approximate surface area is 97.5 Å². The average molecular weight is 213 g/mol. The third kappa shape index (κ3) is 1.95. The molecule has 0 unspecified atom stereocenters. The minimum atomic E-state index is 0.208. The fourth-order valence-corrected chi connectivity index (χ4v) is 2.06. The monoisotopic (exact) mass is 213 g/mol. The van der Waals surface area contributed by atoms with Gasteiger partial charge < -0.3 is 0 Å². The molecule has 1 heterocycles. The number of benzene rings is 1. The van der Waals surface area contributed by atoms with E-state index in [1.165, 1.54) is 16.3 Å². The number of hydrogen-bond acceptors (Lipinski definition) is 1. The SMILES string of the molecule is Cc1cc2cc(C(C)(C)C)ccc2c(C)n1. The maximum atomic E-state index is 4.49. The largest absolute Gasteiger partial charge is 0.258 e. The van der Waals surface area contributed by atoms with Crippen LogP contribution in [0.5, 0.6) is 0 Å². The van der Waals surface area contributed by atoms with Gasteiger partial charge in [-0.2, -0.15) is 0 Å². The van der Waals surface area contributed by atoms with E-state index in [1.807, 2.05) is 0 Å². The minimum absolute atomic E-state index is 0.208. The van der Waals surface area contributed by atoms with E-state index in [0.717, 1.165) is 11.4 Å². The average Bonchev–Trinajstić information content (AvgIpc) is 2.15. The molecule has 0 N–H and O–H groups in total. The van der Waals surface area contributed by atoms with Crippen molar-refractivity contribution in [3.8, 4) is 0 Å². The lowest BCUT2D eigenvalue weighted by Gasteiger charge is -2.19. The van der Waals surface area contributed by atoms with Crippen LogP contribution in [0.25, 0.3) is 10.8 Å². The fraction of sp³-hybridized carbons (Fsp3) is 0.400. The van der Waals surface area contributed by atoms with Crippen molar-refractivity contribution in [1.82, 2.24) is 4.98 Å². The Bertz CT molecular complexity index is 533. The molecule has 84 valence electrons. The van der Waals surface area contributed by atoms with Crippen molar-refractivity contribution in [1.29, 1.82) is 0 Å². The third-order valence-electron chi connectivity index (χ3n) is 3.02. The van der Waals surface area contributed by atoms with Crippen LogP contribution < -0.4 is 0 Å². The molecule has 0 bridgehead atoms. The Kier molecular flexibility index (Phi) is 2.49. The molecule has 0 aliphatic heterocycles. The molecular weight excluding hydrogens is 194 g/mol. The molecule has 0 radical (unpaired) electrons. The van der Waals surface area contributed by atoms with Gasteiger partial charge >= 0.3 is 0 Å². The first-order valence-corrected chi connectivity index (χ1v) is 5.76. The molecule has 0 aliphatic rings. The van der Waals surface area contributed by atoms with E-state index in [2.05, 4.69) is 63.9 Å². The van der Waals surface area contributed by atoms with E-state index in [9.17, 15) is 0 Å². The minimum Gasteiger partial charge on any atom is -0.258 e. The van der Waals surface area contributed by atoms with Gasteiger partial charge in [0.25, 0.3) is 0 Å². The lowest BCUT2D eigenvalue weighted by atomic mass is 9.86. The van der Waals surface area contributed by atoms with Crippen LogP contribution in [0.3, 0.4) is 0 Å². The molecule has 0 atom stereocenters. The number of hydrogen-bond donors (Lipinski definition) is 0. The number of aryl methyl sites for hydroxylation is 2. The molecule has 1 aromatic carbocycles. The van der Waals surface area contributed by atoms with Crippen LogP contribution in [0, 0.1) is 13.8 Å². The van der Waals surface area contributed by atoms with E-state index in [4.69, 9.17) is 0 Å².